The van der Waals surface area contributed by atoms with E-state index in [2.05, 4.69) is 6.58 Å². The average Bonchev–Trinajstić information content (AvgIpc) is 1.87. The van der Waals surface area contributed by atoms with E-state index < -0.39 is 0 Å². The maximum atomic E-state index is 10.4. The van der Waals surface area contributed by atoms with Gasteiger partial charge in [0.25, 0.3) is 0 Å². The summed E-state index contributed by atoms with van der Waals surface area (Å²) in [4.78, 5) is 10.4. The van der Waals surface area contributed by atoms with Crippen LogP contribution in [-0.4, -0.2) is 6.29 Å². The van der Waals surface area contributed by atoms with Gasteiger partial charge in [0.2, 0.25) is 0 Å². The predicted octanol–water partition coefficient (Wildman–Crippen LogP) is 2.73. The molecule has 0 radical (unpaired) electrons. The summed E-state index contributed by atoms with van der Waals surface area (Å²) in [5.41, 5.74) is 0.790. The first-order chi connectivity index (χ1) is 4.98. The van der Waals surface area contributed by atoms with Crippen molar-refractivity contribution < 1.29 is 4.79 Å². The Kier molecular flexibility index (Phi) is 3.80. The monoisotopic (exact) mass is 152 g/mol. The van der Waals surface area contributed by atoms with Crippen LogP contribution in [0.3, 0.4) is 0 Å². The second-order valence-electron chi connectivity index (χ2n) is 3.56. The molecule has 1 heteroatoms. The van der Waals surface area contributed by atoms with E-state index in [1.54, 1.807) is 0 Å². The number of aldehydes is 1. The lowest BCUT2D eigenvalue weighted by Crippen LogP contribution is -2.10. The summed E-state index contributed by atoms with van der Waals surface area (Å²) in [6.45, 7) is 9.50. The highest BCUT2D eigenvalue weighted by Crippen LogP contribution is 2.17. The fraction of sp³-hybridized carbons (Fsp3) is 0.500. The Hall–Kier alpha value is -0.850. The third-order valence-corrected chi connectivity index (χ3v) is 1.37. The van der Waals surface area contributed by atoms with Crippen molar-refractivity contribution >= 4 is 6.29 Å². The molecule has 1 nitrogen and oxygen atoms in total. The summed E-state index contributed by atoms with van der Waals surface area (Å²) >= 11 is 0. The summed E-state index contributed by atoms with van der Waals surface area (Å²) in [7, 11) is 0. The van der Waals surface area contributed by atoms with E-state index >= 15 is 0 Å². The van der Waals surface area contributed by atoms with Gasteiger partial charge in [-0.05, 0) is 13.3 Å². The summed E-state index contributed by atoms with van der Waals surface area (Å²) in [6.07, 6.45) is 5.68. The minimum Gasteiger partial charge on any atom is -0.303 e. The molecule has 0 heterocycles. The van der Waals surface area contributed by atoms with Gasteiger partial charge in [-0.1, -0.05) is 38.2 Å². The Bertz CT molecular complexity index is 175. The van der Waals surface area contributed by atoms with Gasteiger partial charge in [0.15, 0.2) is 0 Å². The fourth-order valence-corrected chi connectivity index (χ4v) is 0.612. The third kappa shape index (κ3) is 5.59. The highest BCUT2D eigenvalue weighted by atomic mass is 16.1. The minimum atomic E-state index is -0.230. The molecule has 0 spiro atoms. The van der Waals surface area contributed by atoms with Crippen molar-refractivity contribution in [1.82, 2.24) is 0 Å². The fourth-order valence-electron chi connectivity index (χ4n) is 0.612. The van der Waals surface area contributed by atoms with Crippen LogP contribution in [0.25, 0.3) is 0 Å². The number of hydrogen-bond acceptors (Lipinski definition) is 1. The molecule has 0 bridgehead atoms. The van der Waals surface area contributed by atoms with Crippen LogP contribution in [0.5, 0.6) is 0 Å². The maximum absolute atomic E-state index is 10.4. The molecule has 62 valence electrons. The number of carbonyl (C=O) groups is 1. The minimum absolute atomic E-state index is 0.230. The third-order valence-electron chi connectivity index (χ3n) is 1.37. The normalized spacial score (nSPS) is 11.9. The topological polar surface area (TPSA) is 17.1 Å². The zero-order valence-electron chi connectivity index (χ0n) is 7.55. The van der Waals surface area contributed by atoms with Crippen LogP contribution in [0.15, 0.2) is 24.3 Å². The van der Waals surface area contributed by atoms with Crippen LogP contribution in [0, 0.1) is 5.41 Å². The molecule has 0 saturated carbocycles. The van der Waals surface area contributed by atoms with Crippen molar-refractivity contribution in [1.29, 1.82) is 0 Å². The molecule has 0 fully saturated rings. The molecule has 11 heavy (non-hydrogen) atoms. The molecule has 0 aromatic heterocycles. The SMILES string of the molecule is C=C(C)/C=C/CC(C)(C)C=O. The van der Waals surface area contributed by atoms with E-state index in [-0.39, 0.29) is 5.41 Å². The van der Waals surface area contributed by atoms with Gasteiger partial charge in [-0.3, -0.25) is 0 Å². The zero-order valence-corrected chi connectivity index (χ0v) is 7.55. The van der Waals surface area contributed by atoms with Crippen LogP contribution in [0.4, 0.5) is 0 Å². The van der Waals surface area contributed by atoms with Gasteiger partial charge in [0, 0.05) is 5.41 Å². The summed E-state index contributed by atoms with van der Waals surface area (Å²) in [5, 5.41) is 0. The largest absolute Gasteiger partial charge is 0.303 e. The van der Waals surface area contributed by atoms with Crippen molar-refractivity contribution in [3.8, 4) is 0 Å². The standard InChI is InChI=1S/C10H16O/c1-9(2)6-5-7-10(3,4)8-11/h5-6,8H,1,7H2,2-4H3/b6-5+. The Morgan fingerprint density at radius 2 is 2.09 bits per heavy atom. The van der Waals surface area contributed by atoms with Gasteiger partial charge in [0.1, 0.15) is 6.29 Å². The van der Waals surface area contributed by atoms with E-state index in [4.69, 9.17) is 0 Å². The number of hydrogen-bond donors (Lipinski definition) is 0. The molecule has 0 aliphatic carbocycles. The van der Waals surface area contributed by atoms with Crippen LogP contribution in [-0.2, 0) is 4.79 Å². The van der Waals surface area contributed by atoms with Crippen LogP contribution in [0.1, 0.15) is 27.2 Å². The number of carbonyl (C=O) groups excluding carboxylic acids is 1. The average molecular weight is 152 g/mol. The van der Waals surface area contributed by atoms with Crippen LogP contribution in [0.2, 0.25) is 0 Å². The van der Waals surface area contributed by atoms with Gasteiger partial charge in [-0.2, -0.15) is 0 Å². The molecule has 0 saturated heterocycles. The molecule has 0 N–H and O–H groups in total. The van der Waals surface area contributed by atoms with Gasteiger partial charge in [0.05, 0.1) is 0 Å². The first-order valence-corrected chi connectivity index (χ1v) is 3.76. The van der Waals surface area contributed by atoms with Crippen molar-refractivity contribution in [3.63, 3.8) is 0 Å². The summed E-state index contributed by atoms with van der Waals surface area (Å²) < 4.78 is 0. The smallest absolute Gasteiger partial charge is 0.125 e. The lowest BCUT2D eigenvalue weighted by atomic mass is 9.91. The Labute approximate surface area is 68.8 Å². The lowest BCUT2D eigenvalue weighted by molar-refractivity contribution is -0.114. The number of allylic oxidation sites excluding steroid dienone is 3. The highest BCUT2D eigenvalue weighted by Gasteiger charge is 2.13. The summed E-state index contributed by atoms with van der Waals surface area (Å²) in [5.74, 6) is 0. The Morgan fingerprint density at radius 3 is 2.45 bits per heavy atom. The second-order valence-corrected chi connectivity index (χ2v) is 3.56. The molecule has 0 rings (SSSR count). The molecule has 0 atom stereocenters. The molecular weight excluding hydrogens is 136 g/mol. The van der Waals surface area contributed by atoms with Crippen molar-refractivity contribution in [2.24, 2.45) is 5.41 Å². The molecule has 0 aliphatic rings. The van der Waals surface area contributed by atoms with Crippen molar-refractivity contribution in [3.05, 3.63) is 24.3 Å². The zero-order chi connectivity index (χ0) is 8.91. The molecule has 0 amide bonds. The highest BCUT2D eigenvalue weighted by molar-refractivity contribution is 5.58. The molecule has 0 unspecified atom stereocenters. The first kappa shape index (κ1) is 10.2. The maximum Gasteiger partial charge on any atom is 0.125 e. The Balaban J connectivity index is 3.87. The molecule has 0 aromatic carbocycles. The van der Waals surface area contributed by atoms with Gasteiger partial charge in [-0.15, -0.1) is 0 Å². The summed E-state index contributed by atoms with van der Waals surface area (Å²) in [6, 6.07) is 0. The molecule has 0 aliphatic heterocycles. The van der Waals surface area contributed by atoms with Crippen molar-refractivity contribution in [2.45, 2.75) is 27.2 Å². The number of rotatable bonds is 4. The van der Waals surface area contributed by atoms with Gasteiger partial charge < -0.3 is 4.79 Å². The first-order valence-electron chi connectivity index (χ1n) is 3.76. The predicted molar refractivity (Wildman–Crippen MR) is 48.4 cm³/mol. The lowest BCUT2D eigenvalue weighted by Gasteiger charge is -2.12. The van der Waals surface area contributed by atoms with E-state index in [9.17, 15) is 4.79 Å². The molecular formula is C10H16O. The van der Waals surface area contributed by atoms with E-state index in [0.29, 0.717) is 0 Å². The van der Waals surface area contributed by atoms with Crippen LogP contribution >= 0.6 is 0 Å². The second kappa shape index (κ2) is 4.12. The van der Waals surface area contributed by atoms with Gasteiger partial charge in [-0.25, -0.2) is 0 Å². The van der Waals surface area contributed by atoms with Crippen molar-refractivity contribution in [2.75, 3.05) is 0 Å². The van der Waals surface area contributed by atoms with E-state index in [0.717, 1.165) is 18.3 Å². The quantitative estimate of drug-likeness (QED) is 0.447. The van der Waals surface area contributed by atoms with E-state index in [1.165, 1.54) is 0 Å². The molecule has 0 aromatic rings. The van der Waals surface area contributed by atoms with Crippen LogP contribution < -0.4 is 0 Å². The van der Waals surface area contributed by atoms with Gasteiger partial charge >= 0.3 is 0 Å². The van der Waals surface area contributed by atoms with E-state index in [1.807, 2.05) is 32.9 Å². The Morgan fingerprint density at radius 1 is 1.55 bits per heavy atom.